The van der Waals surface area contributed by atoms with Gasteiger partial charge in [-0.25, -0.2) is 9.97 Å². The predicted molar refractivity (Wildman–Crippen MR) is 80.6 cm³/mol. The lowest BCUT2D eigenvalue weighted by atomic mass is 9.96. The van der Waals surface area contributed by atoms with Crippen LogP contribution in [0.2, 0.25) is 0 Å². The van der Waals surface area contributed by atoms with E-state index in [2.05, 4.69) is 29.8 Å². The molecule has 3 aromatic rings. The molecule has 100 valence electrons. The Morgan fingerprint density at radius 2 is 1.80 bits per heavy atom. The SMILES string of the molecule is Cn1c(-c2ccccc2)nc2cc3c(nc21)CCCC3. The molecule has 3 heteroatoms. The van der Waals surface area contributed by atoms with Crippen molar-refractivity contribution < 1.29 is 0 Å². The van der Waals surface area contributed by atoms with Crippen molar-refractivity contribution in [1.29, 1.82) is 0 Å². The number of aromatic nitrogens is 3. The molecule has 20 heavy (non-hydrogen) atoms. The molecule has 0 fully saturated rings. The van der Waals surface area contributed by atoms with E-state index >= 15 is 0 Å². The molecule has 0 amide bonds. The van der Waals surface area contributed by atoms with E-state index in [0.29, 0.717) is 0 Å². The molecule has 0 spiro atoms. The summed E-state index contributed by atoms with van der Waals surface area (Å²) in [6.07, 6.45) is 4.79. The first-order chi connectivity index (χ1) is 9.83. The minimum atomic E-state index is 0.996. The molecule has 0 radical (unpaired) electrons. The van der Waals surface area contributed by atoms with Crippen LogP contribution in [0.1, 0.15) is 24.1 Å². The van der Waals surface area contributed by atoms with E-state index in [1.54, 1.807) is 0 Å². The molecule has 0 unspecified atom stereocenters. The lowest BCUT2D eigenvalue weighted by Crippen LogP contribution is -2.06. The second-order valence-corrected chi connectivity index (χ2v) is 5.50. The van der Waals surface area contributed by atoms with Gasteiger partial charge < -0.3 is 4.57 Å². The molecule has 3 nitrogen and oxygen atoms in total. The number of benzene rings is 1. The first kappa shape index (κ1) is 11.6. The van der Waals surface area contributed by atoms with E-state index in [4.69, 9.17) is 9.97 Å². The summed E-state index contributed by atoms with van der Waals surface area (Å²) in [6, 6.07) is 12.6. The minimum absolute atomic E-state index is 0.996. The van der Waals surface area contributed by atoms with Crippen molar-refractivity contribution in [3.63, 3.8) is 0 Å². The number of aryl methyl sites for hydroxylation is 3. The number of imidazole rings is 1. The fourth-order valence-electron chi connectivity index (χ4n) is 3.07. The Balaban J connectivity index is 1.94. The molecule has 0 aliphatic heterocycles. The second-order valence-electron chi connectivity index (χ2n) is 5.50. The molecule has 2 aromatic heterocycles. The summed E-state index contributed by atoms with van der Waals surface area (Å²) in [6.45, 7) is 0. The third kappa shape index (κ3) is 1.73. The molecule has 1 aliphatic carbocycles. The smallest absolute Gasteiger partial charge is 0.160 e. The fourth-order valence-corrected chi connectivity index (χ4v) is 3.07. The largest absolute Gasteiger partial charge is 0.312 e. The van der Waals surface area contributed by atoms with Gasteiger partial charge in [0.15, 0.2) is 5.65 Å². The van der Waals surface area contributed by atoms with Crippen LogP contribution in [0, 0.1) is 0 Å². The number of fused-ring (bicyclic) bond motifs is 2. The zero-order valence-corrected chi connectivity index (χ0v) is 11.6. The van der Waals surface area contributed by atoms with Crippen molar-refractivity contribution in [3.8, 4) is 11.4 Å². The maximum atomic E-state index is 4.86. The molecular formula is C17H17N3. The summed E-state index contributed by atoms with van der Waals surface area (Å²) < 4.78 is 2.11. The maximum Gasteiger partial charge on any atom is 0.160 e. The van der Waals surface area contributed by atoms with Crippen molar-refractivity contribution in [1.82, 2.24) is 14.5 Å². The number of hydrogen-bond acceptors (Lipinski definition) is 2. The Morgan fingerprint density at radius 1 is 1.00 bits per heavy atom. The van der Waals surface area contributed by atoms with E-state index in [1.165, 1.54) is 24.1 Å². The van der Waals surface area contributed by atoms with Gasteiger partial charge in [0.25, 0.3) is 0 Å². The summed E-state index contributed by atoms with van der Waals surface area (Å²) in [7, 11) is 2.06. The molecule has 2 heterocycles. The Kier molecular flexibility index (Phi) is 2.59. The van der Waals surface area contributed by atoms with Crippen LogP contribution < -0.4 is 0 Å². The van der Waals surface area contributed by atoms with Crippen molar-refractivity contribution in [2.45, 2.75) is 25.7 Å². The number of rotatable bonds is 1. The van der Waals surface area contributed by atoms with Gasteiger partial charge >= 0.3 is 0 Å². The van der Waals surface area contributed by atoms with Crippen LogP contribution in [0.25, 0.3) is 22.6 Å². The van der Waals surface area contributed by atoms with Gasteiger partial charge in [-0.2, -0.15) is 0 Å². The fraction of sp³-hybridized carbons (Fsp3) is 0.294. The van der Waals surface area contributed by atoms with Crippen LogP contribution >= 0.6 is 0 Å². The zero-order chi connectivity index (χ0) is 13.5. The topological polar surface area (TPSA) is 30.7 Å². The van der Waals surface area contributed by atoms with Crippen molar-refractivity contribution in [2.75, 3.05) is 0 Å². The summed E-state index contributed by atoms with van der Waals surface area (Å²) in [5, 5.41) is 0. The molecule has 0 bridgehead atoms. The Hall–Kier alpha value is -2.16. The Labute approximate surface area is 118 Å². The average Bonchev–Trinajstić information content (AvgIpc) is 2.83. The van der Waals surface area contributed by atoms with E-state index in [-0.39, 0.29) is 0 Å². The standard InChI is InChI=1S/C17H17N3/c1-20-16(12-7-3-2-4-8-12)19-15-11-13-9-5-6-10-14(13)18-17(15)20/h2-4,7-8,11H,5-6,9-10H2,1H3. The third-order valence-corrected chi connectivity index (χ3v) is 4.16. The molecule has 1 aliphatic rings. The highest BCUT2D eigenvalue weighted by Crippen LogP contribution is 2.27. The first-order valence-corrected chi connectivity index (χ1v) is 7.23. The van der Waals surface area contributed by atoms with E-state index in [9.17, 15) is 0 Å². The van der Waals surface area contributed by atoms with Crippen LogP contribution in [0.3, 0.4) is 0 Å². The highest BCUT2D eigenvalue weighted by Gasteiger charge is 2.16. The second kappa shape index (κ2) is 4.44. The van der Waals surface area contributed by atoms with E-state index in [0.717, 1.165) is 35.4 Å². The highest BCUT2D eigenvalue weighted by atomic mass is 15.1. The molecular weight excluding hydrogens is 246 g/mol. The summed E-state index contributed by atoms with van der Waals surface area (Å²) in [4.78, 5) is 9.65. The minimum Gasteiger partial charge on any atom is -0.312 e. The van der Waals surface area contributed by atoms with Gasteiger partial charge in [0.2, 0.25) is 0 Å². The summed E-state index contributed by atoms with van der Waals surface area (Å²) >= 11 is 0. The molecule has 0 saturated carbocycles. The lowest BCUT2D eigenvalue weighted by molar-refractivity contribution is 0.669. The molecule has 4 rings (SSSR count). The van der Waals surface area contributed by atoms with Gasteiger partial charge in [0.05, 0.1) is 0 Å². The van der Waals surface area contributed by atoms with Crippen molar-refractivity contribution in [3.05, 3.63) is 47.7 Å². The van der Waals surface area contributed by atoms with Gasteiger partial charge in [0.1, 0.15) is 11.3 Å². The van der Waals surface area contributed by atoms with Crippen molar-refractivity contribution >= 4 is 11.2 Å². The number of nitrogens with zero attached hydrogens (tertiary/aromatic N) is 3. The maximum absolute atomic E-state index is 4.86. The molecule has 1 aromatic carbocycles. The Morgan fingerprint density at radius 3 is 2.65 bits per heavy atom. The lowest BCUT2D eigenvalue weighted by Gasteiger charge is -2.14. The van der Waals surface area contributed by atoms with Crippen molar-refractivity contribution in [2.24, 2.45) is 7.05 Å². The monoisotopic (exact) mass is 263 g/mol. The van der Waals surface area contributed by atoms with Gasteiger partial charge in [-0.05, 0) is 37.3 Å². The highest BCUT2D eigenvalue weighted by molar-refractivity contribution is 5.78. The van der Waals surface area contributed by atoms with Gasteiger partial charge in [-0.15, -0.1) is 0 Å². The molecule has 0 saturated heterocycles. The van der Waals surface area contributed by atoms with E-state index in [1.807, 2.05) is 18.2 Å². The third-order valence-electron chi connectivity index (χ3n) is 4.16. The van der Waals surface area contributed by atoms with Gasteiger partial charge in [-0.1, -0.05) is 30.3 Å². The summed E-state index contributed by atoms with van der Waals surface area (Å²) in [5.41, 5.74) is 5.83. The van der Waals surface area contributed by atoms with Crippen LogP contribution in [-0.2, 0) is 19.9 Å². The van der Waals surface area contributed by atoms with Crippen LogP contribution in [-0.4, -0.2) is 14.5 Å². The van der Waals surface area contributed by atoms with E-state index < -0.39 is 0 Å². The van der Waals surface area contributed by atoms with Gasteiger partial charge in [-0.3, -0.25) is 0 Å². The number of hydrogen-bond donors (Lipinski definition) is 0. The molecule has 0 N–H and O–H groups in total. The first-order valence-electron chi connectivity index (χ1n) is 7.23. The Bertz CT molecular complexity index is 772. The van der Waals surface area contributed by atoms with Crippen LogP contribution in [0.4, 0.5) is 0 Å². The predicted octanol–water partition coefficient (Wildman–Crippen LogP) is 3.51. The average molecular weight is 263 g/mol. The van der Waals surface area contributed by atoms with Gasteiger partial charge in [0, 0.05) is 18.3 Å². The molecule has 0 atom stereocenters. The summed E-state index contributed by atoms with van der Waals surface area (Å²) in [5.74, 6) is 0.996. The van der Waals surface area contributed by atoms with Crippen LogP contribution in [0.5, 0.6) is 0 Å². The quantitative estimate of drug-likeness (QED) is 0.672. The van der Waals surface area contributed by atoms with Crippen LogP contribution in [0.15, 0.2) is 36.4 Å². The number of pyridine rings is 1. The zero-order valence-electron chi connectivity index (χ0n) is 11.6. The normalized spacial score (nSPS) is 14.4.